The number of likely N-dealkylation sites (tertiary alicyclic amines) is 1. The fraction of sp³-hybridized carbons (Fsp3) is 1.00. The maximum Gasteiger partial charge on any atom is 0.0695 e. The quantitative estimate of drug-likeness (QED) is 0.689. The number of aliphatic hydroxyl groups excluding tert-OH is 1. The van der Waals surface area contributed by atoms with Crippen LogP contribution in [-0.2, 0) is 0 Å². The van der Waals surface area contributed by atoms with Gasteiger partial charge in [-0.2, -0.15) is 0 Å². The summed E-state index contributed by atoms with van der Waals surface area (Å²) in [5, 5.41) is 20.3. The third kappa shape index (κ3) is 3.67. The maximum absolute atomic E-state index is 10.2. The Hall–Kier alpha value is -0.120. The second-order valence-corrected chi connectivity index (χ2v) is 6.16. The van der Waals surface area contributed by atoms with E-state index in [9.17, 15) is 10.2 Å². The molecule has 2 fully saturated rings. The van der Waals surface area contributed by atoms with Crippen LogP contribution in [0.15, 0.2) is 0 Å². The number of rotatable bonds is 1. The summed E-state index contributed by atoms with van der Waals surface area (Å²) in [7, 11) is 0. The first kappa shape index (κ1) is 13.3. The van der Waals surface area contributed by atoms with Gasteiger partial charge in [0, 0.05) is 12.6 Å². The normalized spacial score (nSPS) is 41.8. The Bertz CT molecular complexity index is 242. The number of hydrogen-bond donors (Lipinski definition) is 2. The van der Waals surface area contributed by atoms with Gasteiger partial charge in [0.05, 0.1) is 11.7 Å². The van der Waals surface area contributed by atoms with Crippen molar-refractivity contribution in [2.24, 2.45) is 0 Å². The van der Waals surface area contributed by atoms with Gasteiger partial charge in [0.25, 0.3) is 0 Å². The number of nitrogens with zero attached hydrogens (tertiary/aromatic N) is 1. The smallest absolute Gasteiger partial charge is 0.0695 e. The molecule has 1 saturated heterocycles. The minimum absolute atomic E-state index is 0.152. The summed E-state index contributed by atoms with van der Waals surface area (Å²) in [6, 6.07) is 0.339. The van der Waals surface area contributed by atoms with Gasteiger partial charge in [-0.15, -0.1) is 0 Å². The van der Waals surface area contributed by atoms with Crippen LogP contribution >= 0.6 is 0 Å². The summed E-state index contributed by atoms with van der Waals surface area (Å²) in [6.45, 7) is 3.92. The molecule has 0 aromatic rings. The zero-order valence-electron chi connectivity index (χ0n) is 11.1. The van der Waals surface area contributed by atoms with E-state index >= 15 is 0 Å². The van der Waals surface area contributed by atoms with Crippen LogP contribution in [0.5, 0.6) is 0 Å². The predicted octanol–water partition coefficient (Wildman–Crippen LogP) is 1.92. The van der Waals surface area contributed by atoms with Crippen molar-refractivity contribution in [1.29, 1.82) is 0 Å². The van der Waals surface area contributed by atoms with Crippen molar-refractivity contribution in [3.63, 3.8) is 0 Å². The van der Waals surface area contributed by atoms with Crippen LogP contribution in [-0.4, -0.2) is 45.9 Å². The van der Waals surface area contributed by atoms with Crippen molar-refractivity contribution in [3.05, 3.63) is 0 Å². The molecule has 1 saturated carbocycles. The van der Waals surface area contributed by atoms with Crippen LogP contribution in [0.1, 0.15) is 58.3 Å². The summed E-state index contributed by atoms with van der Waals surface area (Å²) in [5.41, 5.74) is -0.496. The lowest BCUT2D eigenvalue weighted by molar-refractivity contribution is 0.0265. The standard InChI is InChI=1S/C14H27NO2/c1-14(17)8-5-10-15(11-9-14)12-6-3-2-4-7-13(12)16/h12-13,16-17H,2-11H2,1H3. The summed E-state index contributed by atoms with van der Waals surface area (Å²) >= 11 is 0. The zero-order valence-corrected chi connectivity index (χ0v) is 11.1. The summed E-state index contributed by atoms with van der Waals surface area (Å²) in [5.74, 6) is 0. The average molecular weight is 241 g/mol. The molecular weight excluding hydrogens is 214 g/mol. The molecule has 3 unspecified atom stereocenters. The van der Waals surface area contributed by atoms with Crippen molar-refractivity contribution in [2.45, 2.75) is 76.0 Å². The van der Waals surface area contributed by atoms with Gasteiger partial charge in [0.15, 0.2) is 0 Å². The Morgan fingerprint density at radius 2 is 1.76 bits per heavy atom. The van der Waals surface area contributed by atoms with Gasteiger partial charge in [-0.25, -0.2) is 0 Å². The summed E-state index contributed by atoms with van der Waals surface area (Å²) in [6.07, 6.45) is 8.40. The molecule has 0 bridgehead atoms. The lowest BCUT2D eigenvalue weighted by atomic mass is 9.98. The van der Waals surface area contributed by atoms with Gasteiger partial charge >= 0.3 is 0 Å². The SMILES string of the molecule is CC1(O)CCCN(C2CCCCCC2O)CC1. The third-order valence-corrected chi connectivity index (χ3v) is 4.51. The maximum atomic E-state index is 10.2. The van der Waals surface area contributed by atoms with E-state index in [0.717, 1.165) is 45.2 Å². The van der Waals surface area contributed by atoms with Crippen LogP contribution in [0.25, 0.3) is 0 Å². The van der Waals surface area contributed by atoms with Crippen molar-refractivity contribution >= 4 is 0 Å². The van der Waals surface area contributed by atoms with E-state index in [4.69, 9.17) is 0 Å². The van der Waals surface area contributed by atoms with Crippen molar-refractivity contribution in [2.75, 3.05) is 13.1 Å². The Kier molecular flexibility index (Phi) is 4.45. The second-order valence-electron chi connectivity index (χ2n) is 6.16. The molecule has 0 aromatic carbocycles. The molecule has 0 aromatic heterocycles. The van der Waals surface area contributed by atoms with E-state index in [1.54, 1.807) is 0 Å². The number of hydrogen-bond acceptors (Lipinski definition) is 3. The van der Waals surface area contributed by atoms with E-state index in [1.165, 1.54) is 19.3 Å². The van der Waals surface area contributed by atoms with Crippen LogP contribution < -0.4 is 0 Å². The summed E-state index contributed by atoms with van der Waals surface area (Å²) < 4.78 is 0. The van der Waals surface area contributed by atoms with E-state index in [0.29, 0.717) is 6.04 Å². The van der Waals surface area contributed by atoms with Crippen LogP contribution in [0, 0.1) is 0 Å². The lowest BCUT2D eigenvalue weighted by Gasteiger charge is -2.33. The van der Waals surface area contributed by atoms with Gasteiger partial charge in [0.2, 0.25) is 0 Å². The fourth-order valence-corrected chi connectivity index (χ4v) is 3.31. The highest BCUT2D eigenvalue weighted by atomic mass is 16.3. The van der Waals surface area contributed by atoms with Gasteiger partial charge in [-0.1, -0.05) is 19.3 Å². The van der Waals surface area contributed by atoms with Crippen molar-refractivity contribution < 1.29 is 10.2 Å². The second kappa shape index (κ2) is 5.68. The third-order valence-electron chi connectivity index (χ3n) is 4.51. The molecule has 3 nitrogen and oxygen atoms in total. The first-order valence-electron chi connectivity index (χ1n) is 7.23. The highest BCUT2D eigenvalue weighted by molar-refractivity contribution is 4.86. The van der Waals surface area contributed by atoms with Gasteiger partial charge in [-0.05, 0) is 45.6 Å². The fourth-order valence-electron chi connectivity index (χ4n) is 3.31. The lowest BCUT2D eigenvalue weighted by Crippen LogP contribution is -2.44. The van der Waals surface area contributed by atoms with Gasteiger partial charge in [-0.3, -0.25) is 4.90 Å². The molecular formula is C14H27NO2. The molecule has 1 aliphatic carbocycles. The predicted molar refractivity (Wildman–Crippen MR) is 68.9 cm³/mol. The van der Waals surface area contributed by atoms with Crippen molar-refractivity contribution in [3.8, 4) is 0 Å². The van der Waals surface area contributed by atoms with Gasteiger partial charge in [0.1, 0.15) is 0 Å². The largest absolute Gasteiger partial charge is 0.391 e. The van der Waals surface area contributed by atoms with E-state index in [2.05, 4.69) is 4.90 Å². The molecule has 2 N–H and O–H groups in total. The molecule has 1 heterocycles. The van der Waals surface area contributed by atoms with E-state index in [1.807, 2.05) is 6.92 Å². The topological polar surface area (TPSA) is 43.7 Å². The minimum Gasteiger partial charge on any atom is -0.391 e. The Morgan fingerprint density at radius 1 is 1.00 bits per heavy atom. The molecule has 17 heavy (non-hydrogen) atoms. The molecule has 2 rings (SSSR count). The first-order chi connectivity index (χ1) is 8.08. The Labute approximate surface area is 105 Å². The molecule has 2 aliphatic rings. The number of aliphatic hydroxyl groups is 2. The van der Waals surface area contributed by atoms with Crippen LogP contribution in [0.2, 0.25) is 0 Å². The summed E-state index contributed by atoms with van der Waals surface area (Å²) in [4.78, 5) is 2.43. The first-order valence-corrected chi connectivity index (χ1v) is 7.23. The monoisotopic (exact) mass is 241 g/mol. The highest BCUT2D eigenvalue weighted by Crippen LogP contribution is 2.27. The minimum atomic E-state index is -0.496. The van der Waals surface area contributed by atoms with Crippen molar-refractivity contribution in [1.82, 2.24) is 4.90 Å². The van der Waals surface area contributed by atoms with E-state index in [-0.39, 0.29) is 6.10 Å². The Balaban J connectivity index is 1.95. The molecule has 0 spiro atoms. The zero-order chi connectivity index (χ0) is 12.3. The average Bonchev–Trinajstić information content (AvgIpc) is 2.57. The molecule has 0 amide bonds. The molecule has 3 atom stereocenters. The van der Waals surface area contributed by atoms with E-state index < -0.39 is 5.60 Å². The highest BCUT2D eigenvalue weighted by Gasteiger charge is 2.31. The van der Waals surface area contributed by atoms with Crippen LogP contribution in [0.4, 0.5) is 0 Å². The van der Waals surface area contributed by atoms with Gasteiger partial charge < -0.3 is 10.2 Å². The molecule has 1 aliphatic heterocycles. The van der Waals surface area contributed by atoms with Crippen LogP contribution in [0.3, 0.4) is 0 Å². The molecule has 3 heteroatoms. The molecule has 0 radical (unpaired) electrons. The Morgan fingerprint density at radius 3 is 2.59 bits per heavy atom. The molecule has 100 valence electrons.